The van der Waals surface area contributed by atoms with Gasteiger partial charge in [0.25, 0.3) is 5.91 Å². The molecule has 1 amide bonds. The third-order valence-corrected chi connectivity index (χ3v) is 2.64. The minimum atomic E-state index is -0.266. The largest absolute Gasteiger partial charge is 0.376 e. The summed E-state index contributed by atoms with van der Waals surface area (Å²) >= 11 is 0. The number of carbonyl (C=O) groups is 1. The molecular formula is C12H13N3O2. The van der Waals surface area contributed by atoms with Crippen molar-refractivity contribution in [1.82, 2.24) is 10.3 Å². The van der Waals surface area contributed by atoms with Gasteiger partial charge in [-0.15, -0.1) is 0 Å². The molecule has 1 fully saturated rings. The zero-order chi connectivity index (χ0) is 12.1. The van der Waals surface area contributed by atoms with Crippen molar-refractivity contribution >= 4 is 5.91 Å². The highest BCUT2D eigenvalue weighted by molar-refractivity contribution is 5.92. The van der Waals surface area contributed by atoms with Crippen molar-refractivity contribution in [2.45, 2.75) is 18.9 Å². The third kappa shape index (κ3) is 3.02. The maximum Gasteiger partial charge on any atom is 0.270 e. The van der Waals surface area contributed by atoms with E-state index in [0.29, 0.717) is 12.1 Å². The van der Waals surface area contributed by atoms with Gasteiger partial charge in [0.1, 0.15) is 5.69 Å². The number of carbonyl (C=O) groups excluding carboxylic acids is 1. The van der Waals surface area contributed by atoms with E-state index in [9.17, 15) is 4.79 Å². The Labute approximate surface area is 99.4 Å². The molecule has 1 aliphatic rings. The average Bonchev–Trinajstić information content (AvgIpc) is 2.89. The van der Waals surface area contributed by atoms with Crippen molar-refractivity contribution in [2.75, 3.05) is 13.2 Å². The molecule has 0 saturated carbocycles. The topological polar surface area (TPSA) is 75.0 Å². The van der Waals surface area contributed by atoms with E-state index < -0.39 is 0 Å². The summed E-state index contributed by atoms with van der Waals surface area (Å²) in [6, 6.07) is 5.02. The molecule has 1 atom stereocenters. The summed E-state index contributed by atoms with van der Waals surface area (Å²) in [6.45, 7) is 1.26. The van der Waals surface area contributed by atoms with Gasteiger partial charge in [0.2, 0.25) is 0 Å². The standard InChI is InChI=1S/C12H13N3O2/c13-7-9-3-4-14-11(6-9)12(16)15-8-10-2-1-5-17-10/h3-4,6,10H,1-2,5,8H2,(H,15,16). The van der Waals surface area contributed by atoms with Crippen LogP contribution in [0.4, 0.5) is 0 Å². The van der Waals surface area contributed by atoms with Crippen molar-refractivity contribution < 1.29 is 9.53 Å². The lowest BCUT2D eigenvalue weighted by Crippen LogP contribution is -2.32. The van der Waals surface area contributed by atoms with Gasteiger partial charge in [0, 0.05) is 19.3 Å². The summed E-state index contributed by atoms with van der Waals surface area (Å²) in [5.41, 5.74) is 0.698. The van der Waals surface area contributed by atoms with Crippen molar-refractivity contribution in [3.63, 3.8) is 0 Å². The van der Waals surface area contributed by atoms with E-state index in [4.69, 9.17) is 10.00 Å². The number of ether oxygens (including phenoxy) is 1. The van der Waals surface area contributed by atoms with Crippen LogP contribution in [0.3, 0.4) is 0 Å². The molecular weight excluding hydrogens is 218 g/mol. The highest BCUT2D eigenvalue weighted by Crippen LogP contribution is 2.10. The first-order valence-corrected chi connectivity index (χ1v) is 5.55. The lowest BCUT2D eigenvalue weighted by atomic mass is 10.2. The fourth-order valence-corrected chi connectivity index (χ4v) is 1.73. The first-order valence-electron chi connectivity index (χ1n) is 5.55. The molecule has 5 heteroatoms. The molecule has 17 heavy (non-hydrogen) atoms. The Hall–Kier alpha value is -1.93. The second-order valence-corrected chi connectivity index (χ2v) is 3.89. The van der Waals surface area contributed by atoms with E-state index in [1.807, 2.05) is 6.07 Å². The predicted octanol–water partition coefficient (Wildman–Crippen LogP) is 0.862. The molecule has 1 aliphatic heterocycles. The summed E-state index contributed by atoms with van der Waals surface area (Å²) in [5.74, 6) is -0.266. The van der Waals surface area contributed by atoms with Gasteiger partial charge in [-0.1, -0.05) is 0 Å². The molecule has 0 radical (unpaired) electrons. The molecule has 2 rings (SSSR count). The third-order valence-electron chi connectivity index (χ3n) is 2.64. The highest BCUT2D eigenvalue weighted by Gasteiger charge is 2.17. The van der Waals surface area contributed by atoms with E-state index >= 15 is 0 Å². The zero-order valence-corrected chi connectivity index (χ0v) is 9.35. The van der Waals surface area contributed by atoms with Crippen LogP contribution in [0.15, 0.2) is 18.3 Å². The van der Waals surface area contributed by atoms with Gasteiger partial charge in [0.05, 0.1) is 17.7 Å². The quantitative estimate of drug-likeness (QED) is 0.837. The minimum absolute atomic E-state index is 0.109. The second-order valence-electron chi connectivity index (χ2n) is 3.89. The van der Waals surface area contributed by atoms with Crippen molar-refractivity contribution in [3.8, 4) is 6.07 Å². The van der Waals surface area contributed by atoms with Crippen molar-refractivity contribution in [2.24, 2.45) is 0 Å². The predicted molar refractivity (Wildman–Crippen MR) is 60.3 cm³/mol. The lowest BCUT2D eigenvalue weighted by Gasteiger charge is -2.10. The Bertz CT molecular complexity index is 447. The van der Waals surface area contributed by atoms with Crippen LogP contribution in [0.25, 0.3) is 0 Å². The normalized spacial score (nSPS) is 18.6. The van der Waals surface area contributed by atoms with Gasteiger partial charge in [-0.3, -0.25) is 9.78 Å². The molecule has 0 spiro atoms. The summed E-state index contributed by atoms with van der Waals surface area (Å²) in [6.07, 6.45) is 3.59. The van der Waals surface area contributed by atoms with E-state index in [1.165, 1.54) is 12.3 Å². The van der Waals surface area contributed by atoms with Crippen LogP contribution < -0.4 is 5.32 Å². The van der Waals surface area contributed by atoms with Crippen LogP contribution in [-0.2, 0) is 4.74 Å². The number of nitrogens with zero attached hydrogens (tertiary/aromatic N) is 2. The fraction of sp³-hybridized carbons (Fsp3) is 0.417. The molecule has 5 nitrogen and oxygen atoms in total. The summed E-state index contributed by atoms with van der Waals surface area (Å²) in [4.78, 5) is 15.7. The van der Waals surface area contributed by atoms with Crippen molar-refractivity contribution in [1.29, 1.82) is 5.26 Å². The monoisotopic (exact) mass is 231 g/mol. The molecule has 1 aromatic rings. The number of pyridine rings is 1. The number of aromatic nitrogens is 1. The molecule has 1 aromatic heterocycles. The molecule has 0 aromatic carbocycles. The average molecular weight is 231 g/mol. The van der Waals surface area contributed by atoms with Gasteiger partial charge < -0.3 is 10.1 Å². The first kappa shape index (κ1) is 11.6. The molecule has 0 aliphatic carbocycles. The number of hydrogen-bond acceptors (Lipinski definition) is 4. The Morgan fingerprint density at radius 1 is 1.71 bits per heavy atom. The van der Waals surface area contributed by atoms with E-state index in [-0.39, 0.29) is 17.7 Å². The molecule has 2 heterocycles. The second kappa shape index (κ2) is 5.41. The number of nitrogens with one attached hydrogen (secondary N) is 1. The summed E-state index contributed by atoms with van der Waals surface area (Å²) < 4.78 is 5.40. The molecule has 88 valence electrons. The molecule has 0 bridgehead atoms. The Kier molecular flexibility index (Phi) is 3.68. The summed E-state index contributed by atoms with van der Waals surface area (Å²) in [5, 5.41) is 11.5. The fourth-order valence-electron chi connectivity index (χ4n) is 1.73. The van der Waals surface area contributed by atoms with Crippen LogP contribution in [0.2, 0.25) is 0 Å². The number of amides is 1. The lowest BCUT2D eigenvalue weighted by molar-refractivity contribution is 0.0853. The number of hydrogen-bond donors (Lipinski definition) is 1. The van der Waals surface area contributed by atoms with Crippen LogP contribution in [0.5, 0.6) is 0 Å². The van der Waals surface area contributed by atoms with Crippen molar-refractivity contribution in [3.05, 3.63) is 29.6 Å². The molecule has 1 unspecified atom stereocenters. The SMILES string of the molecule is N#Cc1ccnc(C(=O)NCC2CCCO2)c1. The maximum atomic E-state index is 11.7. The molecule has 1 N–H and O–H groups in total. The highest BCUT2D eigenvalue weighted by atomic mass is 16.5. The van der Waals surface area contributed by atoms with Crippen LogP contribution in [0.1, 0.15) is 28.9 Å². The van der Waals surface area contributed by atoms with Crippen LogP contribution >= 0.6 is 0 Å². The van der Waals surface area contributed by atoms with Crippen LogP contribution in [0, 0.1) is 11.3 Å². The van der Waals surface area contributed by atoms with Gasteiger partial charge in [-0.05, 0) is 25.0 Å². The van der Waals surface area contributed by atoms with Crippen LogP contribution in [-0.4, -0.2) is 30.1 Å². The van der Waals surface area contributed by atoms with Gasteiger partial charge in [0.15, 0.2) is 0 Å². The Morgan fingerprint density at radius 3 is 3.29 bits per heavy atom. The van der Waals surface area contributed by atoms with Gasteiger partial charge in [-0.25, -0.2) is 0 Å². The van der Waals surface area contributed by atoms with E-state index in [1.54, 1.807) is 6.07 Å². The first-order chi connectivity index (χ1) is 8.29. The van der Waals surface area contributed by atoms with E-state index in [0.717, 1.165) is 19.4 Å². The maximum absolute atomic E-state index is 11.7. The van der Waals surface area contributed by atoms with Gasteiger partial charge >= 0.3 is 0 Å². The summed E-state index contributed by atoms with van der Waals surface area (Å²) in [7, 11) is 0. The number of nitriles is 1. The Balaban J connectivity index is 1.92. The van der Waals surface area contributed by atoms with Gasteiger partial charge in [-0.2, -0.15) is 5.26 Å². The minimum Gasteiger partial charge on any atom is -0.376 e. The zero-order valence-electron chi connectivity index (χ0n) is 9.35. The van der Waals surface area contributed by atoms with E-state index in [2.05, 4.69) is 10.3 Å². The number of rotatable bonds is 3. The smallest absolute Gasteiger partial charge is 0.270 e. The Morgan fingerprint density at radius 2 is 2.59 bits per heavy atom. The molecule has 1 saturated heterocycles.